The Morgan fingerprint density at radius 1 is 1.29 bits per heavy atom. The molecule has 1 saturated heterocycles. The highest BCUT2D eigenvalue weighted by atomic mass is 35.5. The molecule has 5 heteroatoms. The van der Waals surface area contributed by atoms with Gasteiger partial charge in [-0.3, -0.25) is 9.69 Å². The molecule has 21 heavy (non-hydrogen) atoms. The van der Waals surface area contributed by atoms with Gasteiger partial charge >= 0.3 is 0 Å². The van der Waals surface area contributed by atoms with Gasteiger partial charge in [0.05, 0.1) is 0 Å². The van der Waals surface area contributed by atoms with Gasteiger partial charge < -0.3 is 5.32 Å². The molecule has 1 aromatic rings. The van der Waals surface area contributed by atoms with Crippen LogP contribution in [0, 0.1) is 11.7 Å². The lowest BCUT2D eigenvalue weighted by Crippen LogP contribution is -2.40. The summed E-state index contributed by atoms with van der Waals surface area (Å²) in [6.45, 7) is 2.26. The first-order valence-corrected chi connectivity index (χ1v) is 7.96. The van der Waals surface area contributed by atoms with Crippen LogP contribution in [0.1, 0.15) is 31.2 Å². The molecule has 0 spiro atoms. The largest absolute Gasteiger partial charge is 0.353 e. The first kappa shape index (κ1) is 14.8. The van der Waals surface area contributed by atoms with Crippen molar-refractivity contribution in [2.75, 3.05) is 13.1 Å². The molecular weight excluding hydrogens is 291 g/mol. The number of likely N-dealkylation sites (tertiary alicyclic amines) is 1. The van der Waals surface area contributed by atoms with E-state index >= 15 is 0 Å². The minimum atomic E-state index is -0.254. The van der Waals surface area contributed by atoms with Crippen LogP contribution in [0.2, 0.25) is 5.02 Å². The molecule has 1 aliphatic carbocycles. The van der Waals surface area contributed by atoms with Crippen LogP contribution < -0.4 is 5.32 Å². The number of hydrogen-bond acceptors (Lipinski definition) is 2. The van der Waals surface area contributed by atoms with E-state index in [0.29, 0.717) is 23.2 Å². The Bertz CT molecular complexity index is 525. The Morgan fingerprint density at radius 2 is 2.00 bits per heavy atom. The fraction of sp³-hybridized carbons (Fsp3) is 0.562. The number of rotatable bonds is 4. The summed E-state index contributed by atoms with van der Waals surface area (Å²) in [5.74, 6) is 0.0721. The van der Waals surface area contributed by atoms with Crippen molar-refractivity contribution >= 4 is 17.5 Å². The van der Waals surface area contributed by atoms with Gasteiger partial charge in [-0.05, 0) is 50.9 Å². The average Bonchev–Trinajstić information content (AvgIpc) is 3.26. The predicted molar refractivity (Wildman–Crippen MR) is 80.6 cm³/mol. The quantitative estimate of drug-likeness (QED) is 0.927. The fourth-order valence-electron chi connectivity index (χ4n) is 2.79. The Morgan fingerprint density at radius 3 is 2.62 bits per heavy atom. The zero-order valence-electron chi connectivity index (χ0n) is 11.9. The van der Waals surface area contributed by atoms with Gasteiger partial charge in [0.15, 0.2) is 0 Å². The third-order valence-electron chi connectivity index (χ3n) is 4.29. The summed E-state index contributed by atoms with van der Waals surface area (Å²) in [5.41, 5.74) is 0.667. The molecule has 1 amide bonds. The topological polar surface area (TPSA) is 32.3 Å². The molecule has 0 bridgehead atoms. The fourth-order valence-corrected chi connectivity index (χ4v) is 2.95. The molecule has 0 aromatic heterocycles. The molecule has 114 valence electrons. The molecular formula is C16H20ClFN2O. The van der Waals surface area contributed by atoms with E-state index in [1.165, 1.54) is 6.07 Å². The van der Waals surface area contributed by atoms with Crippen LogP contribution in [0.25, 0.3) is 0 Å². The molecule has 0 radical (unpaired) electrons. The minimum absolute atomic E-state index is 0.122. The van der Waals surface area contributed by atoms with Crippen molar-refractivity contribution in [2.24, 2.45) is 5.92 Å². The number of benzene rings is 1. The molecule has 1 aliphatic heterocycles. The van der Waals surface area contributed by atoms with Crippen molar-refractivity contribution in [3.05, 3.63) is 34.6 Å². The predicted octanol–water partition coefficient (Wildman–Crippen LogP) is 2.97. The second-order valence-corrected chi connectivity index (χ2v) is 6.51. The van der Waals surface area contributed by atoms with Gasteiger partial charge in [-0.15, -0.1) is 0 Å². The van der Waals surface area contributed by atoms with Crippen molar-refractivity contribution in [3.8, 4) is 0 Å². The number of amides is 1. The molecule has 1 heterocycles. The highest BCUT2D eigenvalue weighted by Gasteiger charge is 2.29. The van der Waals surface area contributed by atoms with Crippen LogP contribution in [-0.4, -0.2) is 29.9 Å². The number of piperidine rings is 1. The maximum atomic E-state index is 13.8. The number of carbonyl (C=O) groups excluding carboxylic acids is 1. The molecule has 2 aliphatic rings. The first-order chi connectivity index (χ1) is 10.1. The number of nitrogens with zero attached hydrogens (tertiary/aromatic N) is 1. The molecule has 1 aromatic carbocycles. The third-order valence-corrected chi connectivity index (χ3v) is 4.53. The van der Waals surface area contributed by atoms with Crippen molar-refractivity contribution < 1.29 is 9.18 Å². The lowest BCUT2D eigenvalue weighted by Gasteiger charge is -2.31. The number of hydrogen-bond donors (Lipinski definition) is 1. The molecule has 1 saturated carbocycles. The van der Waals surface area contributed by atoms with Crippen LogP contribution in [0.4, 0.5) is 4.39 Å². The molecule has 3 rings (SSSR count). The molecule has 1 N–H and O–H groups in total. The van der Waals surface area contributed by atoms with Gasteiger partial charge in [0, 0.05) is 29.1 Å². The smallest absolute Gasteiger partial charge is 0.223 e. The Hall–Kier alpha value is -1.13. The van der Waals surface area contributed by atoms with Crippen LogP contribution in [-0.2, 0) is 11.3 Å². The van der Waals surface area contributed by atoms with Gasteiger partial charge in [-0.2, -0.15) is 0 Å². The van der Waals surface area contributed by atoms with E-state index in [0.717, 1.165) is 38.8 Å². The molecule has 0 unspecified atom stereocenters. The van der Waals surface area contributed by atoms with Crippen molar-refractivity contribution in [1.82, 2.24) is 10.2 Å². The van der Waals surface area contributed by atoms with E-state index in [2.05, 4.69) is 10.2 Å². The van der Waals surface area contributed by atoms with Crippen molar-refractivity contribution in [1.29, 1.82) is 0 Å². The van der Waals surface area contributed by atoms with Gasteiger partial charge in [0.1, 0.15) is 5.82 Å². The SMILES string of the molecule is O=C(NC1CC1)C1CCN(Cc2ccc(Cl)cc2F)CC1. The summed E-state index contributed by atoms with van der Waals surface area (Å²) >= 11 is 5.76. The van der Waals surface area contributed by atoms with Crippen molar-refractivity contribution in [3.63, 3.8) is 0 Å². The number of carbonyl (C=O) groups is 1. The Kier molecular flexibility index (Phi) is 4.45. The number of nitrogens with one attached hydrogen (secondary N) is 1. The lowest BCUT2D eigenvalue weighted by atomic mass is 9.95. The molecule has 3 nitrogen and oxygen atoms in total. The Labute approximate surface area is 129 Å². The van der Waals surface area contributed by atoms with E-state index in [1.807, 2.05) is 0 Å². The molecule has 0 atom stereocenters. The normalized spacial score (nSPS) is 20.5. The zero-order chi connectivity index (χ0) is 14.8. The zero-order valence-corrected chi connectivity index (χ0v) is 12.7. The van der Waals surface area contributed by atoms with E-state index in [9.17, 15) is 9.18 Å². The maximum Gasteiger partial charge on any atom is 0.223 e. The van der Waals surface area contributed by atoms with Crippen LogP contribution in [0.15, 0.2) is 18.2 Å². The summed E-state index contributed by atoms with van der Waals surface area (Å²) < 4.78 is 13.8. The summed E-state index contributed by atoms with van der Waals surface area (Å²) in [6.07, 6.45) is 3.96. The minimum Gasteiger partial charge on any atom is -0.353 e. The van der Waals surface area contributed by atoms with Gasteiger partial charge in [-0.25, -0.2) is 4.39 Å². The summed E-state index contributed by atoms with van der Waals surface area (Å²) in [4.78, 5) is 14.2. The number of halogens is 2. The van der Waals surface area contributed by atoms with Crippen molar-refractivity contribution in [2.45, 2.75) is 38.3 Å². The van der Waals surface area contributed by atoms with Gasteiger partial charge in [-0.1, -0.05) is 17.7 Å². The van der Waals surface area contributed by atoms with Gasteiger partial charge in [0.25, 0.3) is 0 Å². The second-order valence-electron chi connectivity index (χ2n) is 6.07. The Balaban J connectivity index is 1.49. The lowest BCUT2D eigenvalue weighted by molar-refractivity contribution is -0.126. The maximum absolute atomic E-state index is 13.8. The first-order valence-electron chi connectivity index (χ1n) is 7.58. The van der Waals surface area contributed by atoms with E-state index in [1.54, 1.807) is 12.1 Å². The third kappa shape index (κ3) is 3.95. The summed E-state index contributed by atoms with van der Waals surface area (Å²) in [7, 11) is 0. The summed E-state index contributed by atoms with van der Waals surface area (Å²) in [6, 6.07) is 5.24. The van der Waals surface area contributed by atoms with E-state index in [4.69, 9.17) is 11.6 Å². The van der Waals surface area contributed by atoms with Crippen LogP contribution in [0.5, 0.6) is 0 Å². The summed E-state index contributed by atoms with van der Waals surface area (Å²) in [5, 5.41) is 3.49. The van der Waals surface area contributed by atoms with E-state index < -0.39 is 0 Å². The highest BCUT2D eigenvalue weighted by molar-refractivity contribution is 6.30. The van der Waals surface area contributed by atoms with E-state index in [-0.39, 0.29) is 17.6 Å². The highest BCUT2D eigenvalue weighted by Crippen LogP contribution is 2.24. The standard InChI is InChI=1S/C16H20ClFN2O/c17-13-2-1-12(15(18)9-13)10-20-7-5-11(6-8-20)16(21)19-14-3-4-14/h1-2,9,11,14H,3-8,10H2,(H,19,21). The van der Waals surface area contributed by atoms with Gasteiger partial charge in [0.2, 0.25) is 5.91 Å². The van der Waals surface area contributed by atoms with Crippen LogP contribution in [0.3, 0.4) is 0 Å². The van der Waals surface area contributed by atoms with Crippen LogP contribution >= 0.6 is 11.6 Å². The average molecular weight is 311 g/mol. The second kappa shape index (κ2) is 6.32. The monoisotopic (exact) mass is 310 g/mol. The molecule has 2 fully saturated rings.